The summed E-state index contributed by atoms with van der Waals surface area (Å²) in [6.45, 7) is 4.71. The van der Waals surface area contributed by atoms with Crippen molar-refractivity contribution in [3.63, 3.8) is 0 Å². The van der Waals surface area contributed by atoms with E-state index in [0.717, 1.165) is 41.3 Å². The molecule has 6 nitrogen and oxygen atoms in total. The predicted octanol–water partition coefficient (Wildman–Crippen LogP) is 3.42. The first-order valence-electron chi connectivity index (χ1n) is 10.0. The van der Waals surface area contributed by atoms with Gasteiger partial charge in [0.1, 0.15) is 11.6 Å². The van der Waals surface area contributed by atoms with Crippen LogP contribution in [-0.4, -0.2) is 54.3 Å². The summed E-state index contributed by atoms with van der Waals surface area (Å²) < 4.78 is 18.7. The highest BCUT2D eigenvalue weighted by atomic mass is 19.1. The van der Waals surface area contributed by atoms with Gasteiger partial charge in [0.05, 0.1) is 24.9 Å². The summed E-state index contributed by atoms with van der Waals surface area (Å²) in [5.41, 5.74) is 4.27. The number of H-pyrrole nitrogens is 1. The average Bonchev–Trinajstić information content (AvgIpc) is 3.14. The largest absolute Gasteiger partial charge is 0.495 e. The molecule has 3 aromatic rings. The second-order valence-corrected chi connectivity index (χ2v) is 7.40. The van der Waals surface area contributed by atoms with E-state index in [9.17, 15) is 9.18 Å². The van der Waals surface area contributed by atoms with Gasteiger partial charge in [-0.1, -0.05) is 12.1 Å². The molecule has 0 atom stereocenters. The number of nitrogens with one attached hydrogen (secondary N) is 1. The lowest BCUT2D eigenvalue weighted by Crippen LogP contribution is -2.49. The molecule has 1 N–H and O–H groups in total. The molecular formula is C23H25FN4O2. The third-order valence-electron chi connectivity index (χ3n) is 5.58. The van der Waals surface area contributed by atoms with E-state index in [0.29, 0.717) is 18.8 Å². The third kappa shape index (κ3) is 4.01. The maximum atomic E-state index is 13.3. The summed E-state index contributed by atoms with van der Waals surface area (Å²) in [7, 11) is 1.67. The SMILES string of the molecule is COc1ccccc1N1CCN(C(=O)Cc2c(-c3ccc(F)cc3)n[nH]c2C)CC1. The zero-order chi connectivity index (χ0) is 21.1. The number of benzene rings is 2. The van der Waals surface area contributed by atoms with Crippen LogP contribution in [0.15, 0.2) is 48.5 Å². The van der Waals surface area contributed by atoms with Crippen LogP contribution in [0.25, 0.3) is 11.3 Å². The van der Waals surface area contributed by atoms with E-state index < -0.39 is 0 Å². The Morgan fingerprint density at radius 1 is 1.10 bits per heavy atom. The summed E-state index contributed by atoms with van der Waals surface area (Å²) in [5, 5.41) is 7.31. The van der Waals surface area contributed by atoms with Crippen molar-refractivity contribution in [2.24, 2.45) is 0 Å². The fraction of sp³-hybridized carbons (Fsp3) is 0.304. The maximum absolute atomic E-state index is 13.3. The van der Waals surface area contributed by atoms with Crippen LogP contribution in [0, 0.1) is 12.7 Å². The van der Waals surface area contributed by atoms with Crippen molar-refractivity contribution in [2.45, 2.75) is 13.3 Å². The molecule has 2 heterocycles. The number of amides is 1. The quantitative estimate of drug-likeness (QED) is 0.703. The van der Waals surface area contributed by atoms with Gasteiger partial charge in [-0.15, -0.1) is 0 Å². The number of aromatic nitrogens is 2. The molecule has 0 bridgehead atoms. The van der Waals surface area contributed by atoms with Crippen molar-refractivity contribution in [1.29, 1.82) is 0 Å². The molecule has 0 radical (unpaired) electrons. The van der Waals surface area contributed by atoms with Crippen LogP contribution in [0.3, 0.4) is 0 Å². The number of piperazine rings is 1. The molecule has 1 saturated heterocycles. The molecule has 0 unspecified atom stereocenters. The first kappa shape index (κ1) is 19.9. The van der Waals surface area contributed by atoms with Crippen molar-refractivity contribution in [3.8, 4) is 17.0 Å². The number of rotatable bonds is 5. The van der Waals surface area contributed by atoms with Crippen LogP contribution in [0.4, 0.5) is 10.1 Å². The molecule has 1 aliphatic rings. The third-order valence-corrected chi connectivity index (χ3v) is 5.58. The number of aromatic amines is 1. The van der Waals surface area contributed by atoms with E-state index in [1.165, 1.54) is 12.1 Å². The van der Waals surface area contributed by atoms with Crippen molar-refractivity contribution >= 4 is 11.6 Å². The molecule has 156 valence electrons. The second kappa shape index (κ2) is 8.57. The Bertz CT molecular complexity index is 1020. The lowest BCUT2D eigenvalue weighted by Gasteiger charge is -2.36. The van der Waals surface area contributed by atoms with Gasteiger partial charge in [-0.2, -0.15) is 5.10 Å². The van der Waals surface area contributed by atoms with E-state index in [1.54, 1.807) is 19.2 Å². The highest BCUT2D eigenvalue weighted by molar-refractivity contribution is 5.82. The van der Waals surface area contributed by atoms with Gasteiger partial charge >= 0.3 is 0 Å². The number of methoxy groups -OCH3 is 1. The number of para-hydroxylation sites is 2. The van der Waals surface area contributed by atoms with Crippen molar-refractivity contribution in [1.82, 2.24) is 15.1 Å². The Balaban J connectivity index is 1.44. The number of nitrogens with zero attached hydrogens (tertiary/aromatic N) is 3. The fourth-order valence-electron chi connectivity index (χ4n) is 3.87. The molecule has 1 aliphatic heterocycles. The standard InChI is InChI=1S/C23H25FN4O2/c1-16-19(23(26-25-16)17-7-9-18(24)10-8-17)15-22(29)28-13-11-27(12-14-28)20-5-3-4-6-21(20)30-2/h3-10H,11-15H2,1-2H3,(H,25,26). The lowest BCUT2D eigenvalue weighted by molar-refractivity contribution is -0.130. The highest BCUT2D eigenvalue weighted by Crippen LogP contribution is 2.29. The number of aryl methyl sites for hydroxylation is 1. The number of anilines is 1. The molecule has 1 fully saturated rings. The first-order chi connectivity index (χ1) is 14.6. The molecule has 0 spiro atoms. The minimum atomic E-state index is -0.295. The van der Waals surface area contributed by atoms with Crippen LogP contribution in [0.1, 0.15) is 11.3 Å². The van der Waals surface area contributed by atoms with Gasteiger partial charge in [0.15, 0.2) is 0 Å². The minimum absolute atomic E-state index is 0.0718. The van der Waals surface area contributed by atoms with Gasteiger partial charge in [-0.3, -0.25) is 9.89 Å². The Hall–Kier alpha value is -3.35. The van der Waals surface area contributed by atoms with Gasteiger partial charge in [-0.25, -0.2) is 4.39 Å². The van der Waals surface area contributed by atoms with E-state index in [4.69, 9.17) is 4.74 Å². The van der Waals surface area contributed by atoms with E-state index in [2.05, 4.69) is 15.1 Å². The summed E-state index contributed by atoms with van der Waals surface area (Å²) >= 11 is 0. The fourth-order valence-corrected chi connectivity index (χ4v) is 3.87. The van der Waals surface area contributed by atoms with Crippen molar-refractivity contribution in [2.75, 3.05) is 38.2 Å². The first-order valence-corrected chi connectivity index (χ1v) is 10.0. The van der Waals surface area contributed by atoms with E-state index in [-0.39, 0.29) is 18.1 Å². The molecular weight excluding hydrogens is 383 g/mol. The van der Waals surface area contributed by atoms with E-state index in [1.807, 2.05) is 36.1 Å². The number of carbonyl (C=O) groups is 1. The maximum Gasteiger partial charge on any atom is 0.227 e. The zero-order valence-electron chi connectivity index (χ0n) is 17.2. The Kier molecular flexibility index (Phi) is 5.70. The summed E-state index contributed by atoms with van der Waals surface area (Å²) in [5.74, 6) is 0.620. The second-order valence-electron chi connectivity index (χ2n) is 7.40. The zero-order valence-corrected chi connectivity index (χ0v) is 17.2. The highest BCUT2D eigenvalue weighted by Gasteiger charge is 2.25. The van der Waals surface area contributed by atoms with Crippen LogP contribution in [-0.2, 0) is 11.2 Å². The molecule has 1 amide bonds. The average molecular weight is 408 g/mol. The Morgan fingerprint density at radius 3 is 2.50 bits per heavy atom. The van der Waals surface area contributed by atoms with Crippen molar-refractivity contribution < 1.29 is 13.9 Å². The van der Waals surface area contributed by atoms with Crippen LogP contribution in [0.2, 0.25) is 0 Å². The topological polar surface area (TPSA) is 61.5 Å². The molecule has 4 rings (SSSR count). The number of ether oxygens (including phenoxy) is 1. The smallest absolute Gasteiger partial charge is 0.227 e. The molecule has 1 aromatic heterocycles. The van der Waals surface area contributed by atoms with Crippen LogP contribution < -0.4 is 9.64 Å². The van der Waals surface area contributed by atoms with Crippen LogP contribution in [0.5, 0.6) is 5.75 Å². The number of hydrogen-bond donors (Lipinski definition) is 1. The summed E-state index contributed by atoms with van der Waals surface area (Å²) in [6.07, 6.45) is 0.268. The molecule has 2 aromatic carbocycles. The molecule has 30 heavy (non-hydrogen) atoms. The van der Waals surface area contributed by atoms with Gasteiger partial charge in [0.2, 0.25) is 5.91 Å². The Morgan fingerprint density at radius 2 is 1.80 bits per heavy atom. The molecule has 7 heteroatoms. The van der Waals surface area contributed by atoms with Gasteiger partial charge < -0.3 is 14.5 Å². The van der Waals surface area contributed by atoms with E-state index >= 15 is 0 Å². The van der Waals surface area contributed by atoms with Crippen molar-refractivity contribution in [3.05, 3.63) is 65.6 Å². The van der Waals surface area contributed by atoms with Gasteiger partial charge in [-0.05, 0) is 43.3 Å². The summed E-state index contributed by atoms with van der Waals surface area (Å²) in [4.78, 5) is 17.1. The molecule has 0 aliphatic carbocycles. The number of hydrogen-bond acceptors (Lipinski definition) is 4. The van der Waals surface area contributed by atoms with Gasteiger partial charge in [0.25, 0.3) is 0 Å². The minimum Gasteiger partial charge on any atom is -0.495 e. The Labute approximate surface area is 175 Å². The van der Waals surface area contributed by atoms with Gasteiger partial charge in [0, 0.05) is 43.0 Å². The monoisotopic (exact) mass is 408 g/mol. The predicted molar refractivity (Wildman–Crippen MR) is 114 cm³/mol. The number of carbonyl (C=O) groups excluding carboxylic acids is 1. The summed E-state index contributed by atoms with van der Waals surface area (Å²) in [6, 6.07) is 14.1. The van der Waals surface area contributed by atoms with Crippen LogP contribution >= 0.6 is 0 Å². The molecule has 0 saturated carbocycles. The normalized spacial score (nSPS) is 14.1. The number of halogens is 1. The lowest BCUT2D eigenvalue weighted by atomic mass is 10.0.